The average Bonchev–Trinajstić information content (AvgIpc) is 3.19. The first-order valence-electron chi connectivity index (χ1n) is 10.4. The Balaban J connectivity index is 1.38. The van der Waals surface area contributed by atoms with Gasteiger partial charge in [-0.1, -0.05) is 6.07 Å². The number of halogens is 1. The fraction of sp³-hybridized carbons (Fsp3) is 0.500. The van der Waals surface area contributed by atoms with Crippen molar-refractivity contribution in [3.05, 3.63) is 48.4 Å². The summed E-state index contributed by atoms with van der Waals surface area (Å²) in [6.45, 7) is 5.44. The molecular formula is C22H27FN4O. The fourth-order valence-corrected chi connectivity index (χ4v) is 5.03. The molecule has 5 nitrogen and oxygen atoms in total. The monoisotopic (exact) mass is 382 g/mol. The Hall–Kier alpha value is -2.34. The van der Waals surface area contributed by atoms with E-state index in [1.807, 2.05) is 18.3 Å². The van der Waals surface area contributed by atoms with Crippen LogP contribution in [0.25, 0.3) is 0 Å². The molecule has 0 unspecified atom stereocenters. The van der Waals surface area contributed by atoms with Gasteiger partial charge in [-0.15, -0.1) is 0 Å². The van der Waals surface area contributed by atoms with Crippen LogP contribution in [-0.2, 0) is 4.74 Å². The number of fused-ring (bicyclic) bond motifs is 1. The number of piperidine rings is 1. The molecule has 4 heterocycles. The van der Waals surface area contributed by atoms with E-state index in [9.17, 15) is 4.39 Å². The zero-order chi connectivity index (χ0) is 18.9. The summed E-state index contributed by atoms with van der Waals surface area (Å²) in [6.07, 6.45) is 5.31. The first kappa shape index (κ1) is 17.7. The summed E-state index contributed by atoms with van der Waals surface area (Å²) in [5.41, 5.74) is 2.24. The van der Waals surface area contributed by atoms with Crippen LogP contribution in [0.2, 0.25) is 0 Å². The molecule has 0 bridgehead atoms. The molecule has 5 rings (SSSR count). The second kappa shape index (κ2) is 7.59. The molecule has 148 valence electrons. The second-order valence-electron chi connectivity index (χ2n) is 7.90. The van der Waals surface area contributed by atoms with E-state index in [0.29, 0.717) is 12.1 Å². The zero-order valence-electron chi connectivity index (χ0n) is 16.1. The Morgan fingerprint density at radius 3 is 2.61 bits per heavy atom. The van der Waals surface area contributed by atoms with Crippen LogP contribution in [-0.4, -0.2) is 56.5 Å². The van der Waals surface area contributed by atoms with E-state index in [1.165, 1.54) is 18.2 Å². The predicted molar refractivity (Wildman–Crippen MR) is 110 cm³/mol. The molecule has 0 N–H and O–H groups in total. The molecule has 0 aliphatic carbocycles. The summed E-state index contributed by atoms with van der Waals surface area (Å²) in [5.74, 6) is 0.909. The lowest BCUT2D eigenvalue weighted by atomic mass is 9.96. The van der Waals surface area contributed by atoms with Gasteiger partial charge in [-0.05, 0) is 43.5 Å². The Morgan fingerprint density at radius 1 is 0.893 bits per heavy atom. The minimum Gasteiger partial charge on any atom is -0.378 e. The van der Waals surface area contributed by atoms with Crippen LogP contribution in [0, 0.1) is 5.82 Å². The molecule has 2 atom stereocenters. The number of benzene rings is 1. The van der Waals surface area contributed by atoms with Gasteiger partial charge in [-0.25, -0.2) is 9.37 Å². The van der Waals surface area contributed by atoms with Gasteiger partial charge in [0.05, 0.1) is 25.3 Å². The summed E-state index contributed by atoms with van der Waals surface area (Å²) >= 11 is 0. The first-order valence-corrected chi connectivity index (χ1v) is 10.4. The van der Waals surface area contributed by atoms with E-state index in [1.54, 1.807) is 6.07 Å². The zero-order valence-corrected chi connectivity index (χ0v) is 16.1. The maximum absolute atomic E-state index is 13.8. The molecule has 3 aliphatic heterocycles. The average molecular weight is 382 g/mol. The molecule has 0 amide bonds. The third-order valence-corrected chi connectivity index (χ3v) is 6.35. The smallest absolute Gasteiger partial charge is 0.130 e. The Morgan fingerprint density at radius 2 is 1.75 bits per heavy atom. The van der Waals surface area contributed by atoms with Crippen molar-refractivity contribution in [2.45, 2.75) is 31.3 Å². The van der Waals surface area contributed by atoms with Gasteiger partial charge in [0.15, 0.2) is 0 Å². The van der Waals surface area contributed by atoms with E-state index in [4.69, 9.17) is 9.72 Å². The van der Waals surface area contributed by atoms with Crippen LogP contribution in [0.4, 0.5) is 21.6 Å². The van der Waals surface area contributed by atoms with E-state index < -0.39 is 0 Å². The van der Waals surface area contributed by atoms with Crippen LogP contribution in [0.15, 0.2) is 42.6 Å². The summed E-state index contributed by atoms with van der Waals surface area (Å²) in [6, 6.07) is 12.2. The minimum absolute atomic E-state index is 0.158. The summed E-state index contributed by atoms with van der Waals surface area (Å²) in [5, 5.41) is 0. The molecule has 0 spiro atoms. The fourth-order valence-electron chi connectivity index (χ4n) is 5.03. The van der Waals surface area contributed by atoms with Gasteiger partial charge >= 0.3 is 0 Å². The van der Waals surface area contributed by atoms with E-state index >= 15 is 0 Å². The van der Waals surface area contributed by atoms with Crippen molar-refractivity contribution in [3.63, 3.8) is 0 Å². The molecule has 2 aromatic rings. The number of anilines is 3. The largest absolute Gasteiger partial charge is 0.378 e. The molecule has 1 aromatic heterocycles. The van der Waals surface area contributed by atoms with Crippen LogP contribution >= 0.6 is 0 Å². The van der Waals surface area contributed by atoms with Crippen molar-refractivity contribution in [1.82, 2.24) is 4.98 Å². The molecule has 28 heavy (non-hydrogen) atoms. The quantitative estimate of drug-likeness (QED) is 0.813. The highest BCUT2D eigenvalue weighted by Crippen LogP contribution is 2.37. The van der Waals surface area contributed by atoms with E-state index in [0.717, 1.165) is 63.7 Å². The van der Waals surface area contributed by atoms with Crippen LogP contribution < -0.4 is 14.7 Å². The Labute approximate surface area is 165 Å². The first-order chi connectivity index (χ1) is 13.8. The molecule has 3 aliphatic rings. The maximum atomic E-state index is 13.8. The van der Waals surface area contributed by atoms with Gasteiger partial charge in [-0.3, -0.25) is 0 Å². The number of pyridine rings is 1. The van der Waals surface area contributed by atoms with E-state index in [2.05, 4.69) is 26.8 Å². The summed E-state index contributed by atoms with van der Waals surface area (Å²) < 4.78 is 19.3. The van der Waals surface area contributed by atoms with Gasteiger partial charge < -0.3 is 19.4 Å². The number of nitrogens with zero attached hydrogens (tertiary/aromatic N) is 4. The number of ether oxygens (including phenoxy) is 1. The van der Waals surface area contributed by atoms with Crippen LogP contribution in [0.5, 0.6) is 0 Å². The molecule has 0 radical (unpaired) electrons. The molecule has 3 saturated heterocycles. The molecule has 0 saturated carbocycles. The van der Waals surface area contributed by atoms with Crippen LogP contribution in [0.3, 0.4) is 0 Å². The number of aromatic nitrogens is 1. The minimum atomic E-state index is -0.158. The lowest BCUT2D eigenvalue weighted by Crippen LogP contribution is -2.50. The number of hydrogen-bond acceptors (Lipinski definition) is 5. The van der Waals surface area contributed by atoms with Crippen molar-refractivity contribution >= 4 is 17.2 Å². The molecular weight excluding hydrogens is 355 g/mol. The number of rotatable bonds is 3. The van der Waals surface area contributed by atoms with E-state index in [-0.39, 0.29) is 5.82 Å². The maximum Gasteiger partial charge on any atom is 0.130 e. The van der Waals surface area contributed by atoms with Gasteiger partial charge in [0.1, 0.15) is 11.6 Å². The van der Waals surface area contributed by atoms with Crippen molar-refractivity contribution < 1.29 is 9.13 Å². The van der Waals surface area contributed by atoms with Gasteiger partial charge in [0, 0.05) is 49.8 Å². The topological polar surface area (TPSA) is 31.8 Å². The predicted octanol–water partition coefficient (Wildman–Crippen LogP) is 3.31. The lowest BCUT2D eigenvalue weighted by Gasteiger charge is -2.41. The summed E-state index contributed by atoms with van der Waals surface area (Å²) in [4.78, 5) is 12.0. The normalized spacial score (nSPS) is 25.1. The Kier molecular flexibility index (Phi) is 4.81. The molecule has 6 heteroatoms. The van der Waals surface area contributed by atoms with Crippen LogP contribution in [0.1, 0.15) is 19.3 Å². The van der Waals surface area contributed by atoms with Gasteiger partial charge in [0.2, 0.25) is 0 Å². The highest BCUT2D eigenvalue weighted by Gasteiger charge is 2.41. The second-order valence-corrected chi connectivity index (χ2v) is 7.90. The molecule has 3 fully saturated rings. The highest BCUT2D eigenvalue weighted by molar-refractivity contribution is 5.58. The standard InChI is InChI=1S/C22H27FN4O/c23-17-3-1-4-19(15-17)26-9-2-5-20-21(26)7-10-27(20)22-16-18(6-8-24-22)25-11-13-28-14-12-25/h1,3-4,6,8,15-16,20-21H,2,5,7,9-14H2/t20-,21-/m1/s1. The van der Waals surface area contributed by atoms with Gasteiger partial charge in [0.25, 0.3) is 0 Å². The van der Waals surface area contributed by atoms with Gasteiger partial charge in [-0.2, -0.15) is 0 Å². The third-order valence-electron chi connectivity index (χ3n) is 6.35. The van der Waals surface area contributed by atoms with Crippen molar-refractivity contribution in [2.24, 2.45) is 0 Å². The van der Waals surface area contributed by atoms with Crippen molar-refractivity contribution in [2.75, 3.05) is 54.1 Å². The molecule has 1 aromatic carbocycles. The number of hydrogen-bond donors (Lipinski definition) is 0. The van der Waals surface area contributed by atoms with Crippen molar-refractivity contribution in [3.8, 4) is 0 Å². The Bertz CT molecular complexity index is 826. The van der Waals surface area contributed by atoms with Crippen molar-refractivity contribution in [1.29, 1.82) is 0 Å². The summed E-state index contributed by atoms with van der Waals surface area (Å²) in [7, 11) is 0. The number of morpholine rings is 1. The lowest BCUT2D eigenvalue weighted by molar-refractivity contribution is 0.122. The third kappa shape index (κ3) is 3.30. The SMILES string of the molecule is Fc1cccc(N2CCC[C@@H]3[C@H]2CCN3c2cc(N3CCOCC3)ccn2)c1. The highest BCUT2D eigenvalue weighted by atomic mass is 19.1.